The quantitative estimate of drug-likeness (QED) is 0.806. The van der Waals surface area contributed by atoms with Crippen molar-refractivity contribution in [1.82, 2.24) is 14.9 Å². The van der Waals surface area contributed by atoms with Gasteiger partial charge in [-0.15, -0.1) is 0 Å². The van der Waals surface area contributed by atoms with Crippen LogP contribution in [-0.4, -0.2) is 29.0 Å². The van der Waals surface area contributed by atoms with Crippen molar-refractivity contribution in [2.24, 2.45) is 0 Å². The molecule has 0 fully saturated rings. The lowest BCUT2D eigenvalue weighted by atomic mass is 9.87. The van der Waals surface area contributed by atoms with Crippen LogP contribution in [0, 0.1) is 6.92 Å². The highest BCUT2D eigenvalue weighted by Gasteiger charge is 2.22. The van der Waals surface area contributed by atoms with Gasteiger partial charge in [0.1, 0.15) is 5.82 Å². The Balaban J connectivity index is 3.29. The molecule has 0 saturated heterocycles. The van der Waals surface area contributed by atoms with Crippen molar-refractivity contribution in [2.75, 3.05) is 14.1 Å². The molecule has 3 heteroatoms. The zero-order chi connectivity index (χ0) is 13.2. The van der Waals surface area contributed by atoms with Gasteiger partial charge in [-0.05, 0) is 33.0 Å². The van der Waals surface area contributed by atoms with E-state index in [0.29, 0.717) is 0 Å². The van der Waals surface area contributed by atoms with E-state index in [1.54, 1.807) is 0 Å². The predicted molar refractivity (Wildman–Crippen MR) is 72.2 cm³/mol. The van der Waals surface area contributed by atoms with Gasteiger partial charge in [-0.1, -0.05) is 27.7 Å². The van der Waals surface area contributed by atoms with E-state index in [-0.39, 0.29) is 5.41 Å². The van der Waals surface area contributed by atoms with Gasteiger partial charge in [0.25, 0.3) is 0 Å². The van der Waals surface area contributed by atoms with Crippen molar-refractivity contribution >= 4 is 0 Å². The first-order valence-electron chi connectivity index (χ1n) is 6.27. The topological polar surface area (TPSA) is 29.0 Å². The average molecular weight is 235 g/mol. The van der Waals surface area contributed by atoms with Crippen LogP contribution in [0.4, 0.5) is 0 Å². The van der Waals surface area contributed by atoms with Crippen molar-refractivity contribution in [1.29, 1.82) is 0 Å². The first kappa shape index (κ1) is 14.1. The van der Waals surface area contributed by atoms with E-state index in [1.807, 2.05) is 14.1 Å². The second-order valence-corrected chi connectivity index (χ2v) is 5.89. The third-order valence-corrected chi connectivity index (χ3v) is 2.78. The van der Waals surface area contributed by atoms with Gasteiger partial charge in [0.2, 0.25) is 0 Å². The van der Waals surface area contributed by atoms with Gasteiger partial charge < -0.3 is 4.90 Å². The molecule has 1 aromatic heterocycles. The van der Waals surface area contributed by atoms with Gasteiger partial charge in [-0.25, -0.2) is 9.97 Å². The van der Waals surface area contributed by atoms with Crippen molar-refractivity contribution in [3.63, 3.8) is 0 Å². The lowest BCUT2D eigenvalue weighted by molar-refractivity contribution is 0.386. The molecule has 17 heavy (non-hydrogen) atoms. The normalized spacial score (nSPS) is 12.2. The molecule has 1 heterocycles. The third-order valence-electron chi connectivity index (χ3n) is 2.78. The molecule has 96 valence electrons. The minimum Gasteiger partial charge on any atom is -0.302 e. The zero-order valence-corrected chi connectivity index (χ0v) is 12.3. The summed E-state index contributed by atoms with van der Waals surface area (Å²) in [6, 6.07) is 0. The molecule has 0 aliphatic carbocycles. The maximum atomic E-state index is 4.76. The summed E-state index contributed by atoms with van der Waals surface area (Å²) in [4.78, 5) is 11.5. The highest BCUT2D eigenvalue weighted by Crippen LogP contribution is 2.26. The Morgan fingerprint density at radius 2 is 1.71 bits per heavy atom. The Kier molecular flexibility index (Phi) is 4.26. The van der Waals surface area contributed by atoms with Crippen LogP contribution < -0.4 is 0 Å². The molecule has 0 unspecified atom stereocenters. The Bertz CT molecular complexity index is 389. The zero-order valence-electron chi connectivity index (χ0n) is 12.3. The predicted octanol–water partition coefficient (Wildman–Crippen LogP) is 2.71. The van der Waals surface area contributed by atoms with E-state index in [9.17, 15) is 0 Å². The number of hydrogen-bond acceptors (Lipinski definition) is 3. The van der Waals surface area contributed by atoms with Crippen molar-refractivity contribution in [2.45, 2.75) is 53.0 Å². The monoisotopic (exact) mass is 235 g/mol. The third kappa shape index (κ3) is 3.50. The minimum absolute atomic E-state index is 0.0834. The second kappa shape index (κ2) is 5.13. The molecule has 0 saturated carbocycles. The van der Waals surface area contributed by atoms with Crippen LogP contribution in [0.2, 0.25) is 0 Å². The fraction of sp³-hybridized carbons (Fsp3) is 0.714. The summed E-state index contributed by atoms with van der Waals surface area (Å²) in [5.74, 6) is 0.926. The first-order chi connectivity index (χ1) is 7.75. The second-order valence-electron chi connectivity index (χ2n) is 5.89. The summed E-state index contributed by atoms with van der Waals surface area (Å²) in [5, 5.41) is 0. The van der Waals surface area contributed by atoms with Gasteiger partial charge in [0.05, 0.1) is 12.2 Å². The van der Waals surface area contributed by atoms with E-state index in [4.69, 9.17) is 4.98 Å². The van der Waals surface area contributed by atoms with Crippen molar-refractivity contribution < 1.29 is 0 Å². The molecule has 0 atom stereocenters. The molecule has 0 amide bonds. The Labute approximate surface area is 105 Å². The van der Waals surface area contributed by atoms with Gasteiger partial charge in [0, 0.05) is 11.1 Å². The number of rotatable bonds is 3. The molecule has 0 aliphatic heterocycles. The van der Waals surface area contributed by atoms with Crippen molar-refractivity contribution in [3.05, 3.63) is 22.8 Å². The van der Waals surface area contributed by atoms with Gasteiger partial charge in [0.15, 0.2) is 0 Å². The highest BCUT2D eigenvalue weighted by molar-refractivity contribution is 5.30. The van der Waals surface area contributed by atoms with Crippen LogP contribution in [0.1, 0.15) is 50.5 Å². The molecule has 0 spiro atoms. The molecule has 0 N–H and O–H groups in total. The lowest BCUT2D eigenvalue weighted by Gasteiger charge is -2.23. The van der Waals surface area contributed by atoms with Gasteiger partial charge in [-0.3, -0.25) is 0 Å². The summed E-state index contributed by atoms with van der Waals surface area (Å²) in [6.07, 6.45) is 1.00. The van der Waals surface area contributed by atoms with E-state index >= 15 is 0 Å². The van der Waals surface area contributed by atoms with Gasteiger partial charge in [-0.2, -0.15) is 0 Å². The molecule has 0 aliphatic rings. The van der Waals surface area contributed by atoms with Crippen LogP contribution in [0.15, 0.2) is 0 Å². The Morgan fingerprint density at radius 1 is 1.12 bits per heavy atom. The number of aromatic nitrogens is 2. The summed E-state index contributed by atoms with van der Waals surface area (Å²) in [7, 11) is 4.09. The molecule has 1 rings (SSSR count). The maximum Gasteiger partial charge on any atom is 0.142 e. The molecular formula is C14H25N3. The number of nitrogens with zero attached hydrogens (tertiary/aromatic N) is 3. The SMILES string of the molecule is CCc1c(C)nc(CN(C)C)nc1C(C)(C)C. The Hall–Kier alpha value is -0.960. The van der Waals surface area contributed by atoms with Crippen LogP contribution >= 0.6 is 0 Å². The summed E-state index contributed by atoms with van der Waals surface area (Å²) in [6.45, 7) is 11.7. The van der Waals surface area contributed by atoms with E-state index in [2.05, 4.69) is 44.5 Å². The standard InChI is InChI=1S/C14H25N3/c1-8-11-10(2)15-12(9-17(6)7)16-13(11)14(3,4)5/h8-9H2,1-7H3. The highest BCUT2D eigenvalue weighted by atomic mass is 15.1. The fourth-order valence-electron chi connectivity index (χ4n) is 2.05. The minimum atomic E-state index is 0.0834. The average Bonchev–Trinajstić information content (AvgIpc) is 2.14. The molecule has 0 aromatic carbocycles. The van der Waals surface area contributed by atoms with E-state index in [0.717, 1.165) is 24.5 Å². The number of hydrogen-bond donors (Lipinski definition) is 0. The van der Waals surface area contributed by atoms with Crippen molar-refractivity contribution in [3.8, 4) is 0 Å². The lowest BCUT2D eigenvalue weighted by Crippen LogP contribution is -2.22. The first-order valence-corrected chi connectivity index (χ1v) is 6.27. The Morgan fingerprint density at radius 3 is 2.12 bits per heavy atom. The smallest absolute Gasteiger partial charge is 0.142 e. The maximum absolute atomic E-state index is 4.76. The van der Waals surface area contributed by atoms with Crippen LogP contribution in [0.5, 0.6) is 0 Å². The fourth-order valence-corrected chi connectivity index (χ4v) is 2.05. The van der Waals surface area contributed by atoms with Crippen LogP contribution in [-0.2, 0) is 18.4 Å². The van der Waals surface area contributed by atoms with E-state index in [1.165, 1.54) is 11.3 Å². The molecule has 3 nitrogen and oxygen atoms in total. The van der Waals surface area contributed by atoms with Crippen LogP contribution in [0.25, 0.3) is 0 Å². The molecule has 0 bridgehead atoms. The summed E-state index contributed by atoms with van der Waals surface area (Å²) >= 11 is 0. The summed E-state index contributed by atoms with van der Waals surface area (Å²) < 4.78 is 0. The van der Waals surface area contributed by atoms with Gasteiger partial charge >= 0.3 is 0 Å². The molecular weight excluding hydrogens is 210 g/mol. The number of aryl methyl sites for hydroxylation is 1. The molecule has 0 radical (unpaired) electrons. The molecule has 1 aromatic rings. The van der Waals surface area contributed by atoms with E-state index < -0.39 is 0 Å². The van der Waals surface area contributed by atoms with Crippen LogP contribution in [0.3, 0.4) is 0 Å². The summed E-state index contributed by atoms with van der Waals surface area (Å²) in [5.41, 5.74) is 3.72. The largest absolute Gasteiger partial charge is 0.302 e.